The first kappa shape index (κ1) is 18.1. The number of halogens is 2. The summed E-state index contributed by atoms with van der Waals surface area (Å²) in [5.74, 6) is -0.261. The highest BCUT2D eigenvalue weighted by molar-refractivity contribution is 6.43. The summed E-state index contributed by atoms with van der Waals surface area (Å²) in [4.78, 5) is 22.9. The van der Waals surface area contributed by atoms with Crippen LogP contribution in [0.25, 0.3) is 0 Å². The van der Waals surface area contributed by atoms with Gasteiger partial charge in [0.05, 0.1) is 34.9 Å². The highest BCUT2D eigenvalue weighted by Crippen LogP contribution is 2.26. The summed E-state index contributed by atoms with van der Waals surface area (Å²) in [6.07, 6.45) is 5.03. The van der Waals surface area contributed by atoms with E-state index in [4.69, 9.17) is 27.9 Å². The van der Waals surface area contributed by atoms with Crippen LogP contribution >= 0.6 is 23.2 Å². The third kappa shape index (κ3) is 4.46. The van der Waals surface area contributed by atoms with Gasteiger partial charge in [-0.2, -0.15) is 0 Å². The number of aromatic nitrogens is 2. The molecule has 25 heavy (non-hydrogen) atoms. The molecule has 0 spiro atoms. The van der Waals surface area contributed by atoms with Crippen molar-refractivity contribution in [2.75, 3.05) is 32.8 Å². The molecule has 1 atom stereocenters. The molecule has 8 heteroatoms. The molecule has 2 aromatic rings. The van der Waals surface area contributed by atoms with Crippen LogP contribution in [-0.2, 0) is 4.74 Å². The average Bonchev–Trinajstić information content (AvgIpc) is 2.66. The molecule has 0 bridgehead atoms. The van der Waals surface area contributed by atoms with E-state index in [1.165, 1.54) is 6.33 Å². The quantitative estimate of drug-likeness (QED) is 0.863. The maximum atomic E-state index is 12.5. The molecule has 132 valence electrons. The van der Waals surface area contributed by atoms with Gasteiger partial charge < -0.3 is 10.1 Å². The van der Waals surface area contributed by atoms with Gasteiger partial charge in [-0.1, -0.05) is 29.3 Å². The van der Waals surface area contributed by atoms with Crippen LogP contribution in [0.3, 0.4) is 0 Å². The van der Waals surface area contributed by atoms with Gasteiger partial charge in [-0.15, -0.1) is 0 Å². The van der Waals surface area contributed by atoms with E-state index in [-0.39, 0.29) is 17.0 Å². The van der Waals surface area contributed by atoms with Gasteiger partial charge in [0.2, 0.25) is 0 Å². The number of carbonyl (C=O) groups excluding carboxylic acids is 1. The zero-order valence-corrected chi connectivity index (χ0v) is 15.0. The van der Waals surface area contributed by atoms with E-state index in [0.717, 1.165) is 18.7 Å². The zero-order valence-electron chi connectivity index (χ0n) is 13.5. The van der Waals surface area contributed by atoms with E-state index in [0.29, 0.717) is 30.3 Å². The minimum absolute atomic E-state index is 0.0352. The third-order valence-electron chi connectivity index (χ3n) is 4.10. The predicted octanol–water partition coefficient (Wildman–Crippen LogP) is 2.59. The van der Waals surface area contributed by atoms with E-state index in [2.05, 4.69) is 20.2 Å². The van der Waals surface area contributed by atoms with E-state index in [1.807, 2.05) is 0 Å². The van der Waals surface area contributed by atoms with E-state index in [1.54, 1.807) is 30.6 Å². The number of rotatable bonds is 5. The first-order chi connectivity index (χ1) is 12.2. The summed E-state index contributed by atoms with van der Waals surface area (Å²) in [5.41, 5.74) is 1.31. The van der Waals surface area contributed by atoms with Gasteiger partial charge in [0.25, 0.3) is 5.91 Å². The molecule has 1 saturated heterocycles. The molecule has 1 N–H and O–H groups in total. The minimum atomic E-state index is -0.261. The summed E-state index contributed by atoms with van der Waals surface area (Å²) >= 11 is 12.1. The number of hydrogen-bond acceptors (Lipinski definition) is 5. The standard InChI is InChI=1S/C17H18Cl2N4O2/c18-14-3-1-2-13(16(14)19)17(24)22-10-15(12-8-20-11-21-9-12)23-4-6-25-7-5-23/h1-3,8-9,11,15H,4-7,10H2,(H,22,24). The largest absolute Gasteiger partial charge is 0.379 e. The summed E-state index contributed by atoms with van der Waals surface area (Å²) in [5, 5.41) is 3.56. The lowest BCUT2D eigenvalue weighted by Gasteiger charge is -2.34. The molecule has 1 fully saturated rings. The Hall–Kier alpha value is -1.73. The van der Waals surface area contributed by atoms with Crippen LogP contribution < -0.4 is 5.32 Å². The van der Waals surface area contributed by atoms with Gasteiger partial charge in [-0.25, -0.2) is 9.97 Å². The minimum Gasteiger partial charge on any atom is -0.379 e. The fourth-order valence-electron chi connectivity index (χ4n) is 2.79. The van der Waals surface area contributed by atoms with Crippen molar-refractivity contribution in [2.45, 2.75) is 6.04 Å². The van der Waals surface area contributed by atoms with Crippen LogP contribution in [0.1, 0.15) is 22.0 Å². The first-order valence-corrected chi connectivity index (χ1v) is 8.71. The fraction of sp³-hybridized carbons (Fsp3) is 0.353. The summed E-state index contributed by atoms with van der Waals surface area (Å²) < 4.78 is 5.42. The molecule has 6 nitrogen and oxygen atoms in total. The van der Waals surface area contributed by atoms with Gasteiger partial charge in [0.1, 0.15) is 6.33 Å². The van der Waals surface area contributed by atoms with Gasteiger partial charge in [-0.05, 0) is 12.1 Å². The molecule has 2 heterocycles. The number of amides is 1. The number of benzene rings is 1. The number of morpholine rings is 1. The Morgan fingerprint density at radius 3 is 2.68 bits per heavy atom. The van der Waals surface area contributed by atoms with Crippen molar-refractivity contribution in [1.82, 2.24) is 20.2 Å². The SMILES string of the molecule is O=C(NCC(c1cncnc1)N1CCOCC1)c1cccc(Cl)c1Cl. The molecular formula is C17H18Cl2N4O2. The number of nitrogens with one attached hydrogen (secondary N) is 1. The van der Waals surface area contributed by atoms with Crippen LogP contribution in [-0.4, -0.2) is 53.6 Å². The van der Waals surface area contributed by atoms with E-state index < -0.39 is 0 Å². The van der Waals surface area contributed by atoms with Gasteiger partial charge >= 0.3 is 0 Å². The summed E-state index contributed by atoms with van der Waals surface area (Å²) in [7, 11) is 0. The summed E-state index contributed by atoms with van der Waals surface area (Å²) in [6.45, 7) is 3.31. The molecule has 0 aliphatic carbocycles. The highest BCUT2D eigenvalue weighted by atomic mass is 35.5. The summed E-state index contributed by atoms with van der Waals surface area (Å²) in [6, 6.07) is 4.97. The molecular weight excluding hydrogens is 363 g/mol. The number of carbonyl (C=O) groups is 1. The topological polar surface area (TPSA) is 67.4 Å². The molecule has 1 aromatic carbocycles. The van der Waals surface area contributed by atoms with Crippen LogP contribution in [0.2, 0.25) is 10.0 Å². The maximum Gasteiger partial charge on any atom is 0.252 e. The Kier molecular flexibility index (Phi) is 6.20. The van der Waals surface area contributed by atoms with Crippen molar-refractivity contribution in [3.05, 3.63) is 58.1 Å². The van der Waals surface area contributed by atoms with Crippen LogP contribution in [0.5, 0.6) is 0 Å². The Labute approximate surface area is 156 Å². The number of ether oxygens (including phenoxy) is 1. The van der Waals surface area contributed by atoms with E-state index >= 15 is 0 Å². The van der Waals surface area contributed by atoms with Gasteiger partial charge in [0.15, 0.2) is 0 Å². The van der Waals surface area contributed by atoms with Crippen LogP contribution in [0.15, 0.2) is 36.9 Å². The molecule has 1 aromatic heterocycles. The maximum absolute atomic E-state index is 12.5. The van der Waals surface area contributed by atoms with Crippen molar-refractivity contribution < 1.29 is 9.53 Å². The lowest BCUT2D eigenvalue weighted by Crippen LogP contribution is -2.44. The number of hydrogen-bond donors (Lipinski definition) is 1. The Bertz CT molecular complexity index is 724. The Morgan fingerprint density at radius 2 is 1.96 bits per heavy atom. The molecule has 3 rings (SSSR count). The molecule has 0 saturated carbocycles. The van der Waals surface area contributed by atoms with Crippen LogP contribution in [0, 0.1) is 0 Å². The van der Waals surface area contributed by atoms with Gasteiger partial charge in [0, 0.05) is 37.6 Å². The third-order valence-corrected chi connectivity index (χ3v) is 4.92. The second-order valence-corrected chi connectivity index (χ2v) is 6.43. The second-order valence-electron chi connectivity index (χ2n) is 5.65. The molecule has 1 aliphatic heterocycles. The van der Waals surface area contributed by atoms with E-state index in [9.17, 15) is 4.79 Å². The Balaban J connectivity index is 1.74. The van der Waals surface area contributed by atoms with Gasteiger partial charge in [-0.3, -0.25) is 9.69 Å². The smallest absolute Gasteiger partial charge is 0.252 e. The molecule has 1 aliphatic rings. The zero-order chi connectivity index (χ0) is 17.6. The highest BCUT2D eigenvalue weighted by Gasteiger charge is 2.24. The lowest BCUT2D eigenvalue weighted by molar-refractivity contribution is 0.0161. The Morgan fingerprint density at radius 1 is 1.24 bits per heavy atom. The first-order valence-electron chi connectivity index (χ1n) is 7.95. The van der Waals surface area contributed by atoms with Crippen molar-refractivity contribution in [3.8, 4) is 0 Å². The van der Waals surface area contributed by atoms with Crippen molar-refractivity contribution in [2.24, 2.45) is 0 Å². The normalized spacial score (nSPS) is 16.4. The predicted molar refractivity (Wildman–Crippen MR) is 96.0 cm³/mol. The second kappa shape index (κ2) is 8.58. The van der Waals surface area contributed by atoms with Crippen molar-refractivity contribution in [3.63, 3.8) is 0 Å². The fourth-order valence-corrected chi connectivity index (χ4v) is 3.18. The molecule has 0 radical (unpaired) electrons. The number of nitrogens with zero attached hydrogens (tertiary/aromatic N) is 3. The lowest BCUT2D eigenvalue weighted by atomic mass is 10.1. The molecule has 1 unspecified atom stereocenters. The van der Waals surface area contributed by atoms with Crippen LogP contribution in [0.4, 0.5) is 0 Å². The average molecular weight is 381 g/mol. The molecule has 1 amide bonds. The van der Waals surface area contributed by atoms with Crippen molar-refractivity contribution in [1.29, 1.82) is 0 Å². The monoisotopic (exact) mass is 380 g/mol. The van der Waals surface area contributed by atoms with Crippen molar-refractivity contribution >= 4 is 29.1 Å².